The fraction of sp³-hybridized carbons (Fsp3) is 0.500. The van der Waals surface area contributed by atoms with Gasteiger partial charge < -0.3 is 19.7 Å². The molecule has 4 rings (SSSR count). The number of nitrogens with one attached hydrogen (secondary N) is 1. The van der Waals surface area contributed by atoms with Crippen LogP contribution in [-0.2, 0) is 11.3 Å². The number of hydrogen-bond acceptors (Lipinski definition) is 8. The fourth-order valence-corrected chi connectivity index (χ4v) is 4.52. The van der Waals surface area contributed by atoms with Crippen molar-refractivity contribution in [3.05, 3.63) is 30.5 Å². The molecule has 2 aromatic heterocycles. The molecule has 1 N–H and O–H groups in total. The quantitative estimate of drug-likeness (QED) is 0.326. The van der Waals surface area contributed by atoms with Crippen molar-refractivity contribution in [3.8, 4) is 11.5 Å². The molecule has 3 aromatic rings. The molecule has 10 heteroatoms. The standard InChI is InChI=1S/C24H32N6O3S/c1-4-32-18-7-9-19(10-8-18)33-16-21(31)25-11-14-30-23-20(15-26-30)22(29-12-5-6-13-29)27-24(28-23)34-17(2)3/h7-10,15,17H,4-6,11-14,16H2,1-3H3,(H,25,31). The van der Waals surface area contributed by atoms with Gasteiger partial charge in [-0.25, -0.2) is 14.6 Å². The summed E-state index contributed by atoms with van der Waals surface area (Å²) in [5.41, 5.74) is 0.805. The fourth-order valence-electron chi connectivity index (χ4n) is 3.82. The van der Waals surface area contributed by atoms with Crippen molar-refractivity contribution in [3.63, 3.8) is 0 Å². The van der Waals surface area contributed by atoms with Gasteiger partial charge in [0, 0.05) is 24.9 Å². The number of fused-ring (bicyclic) bond motifs is 1. The molecule has 0 atom stereocenters. The first-order valence-corrected chi connectivity index (χ1v) is 12.7. The Hall–Kier alpha value is -3.01. The maximum Gasteiger partial charge on any atom is 0.258 e. The predicted octanol–water partition coefficient (Wildman–Crippen LogP) is 3.52. The zero-order valence-electron chi connectivity index (χ0n) is 20.0. The van der Waals surface area contributed by atoms with Gasteiger partial charge in [0.05, 0.1) is 24.7 Å². The van der Waals surface area contributed by atoms with Crippen LogP contribution in [0.4, 0.5) is 5.82 Å². The summed E-state index contributed by atoms with van der Waals surface area (Å²) in [6.07, 6.45) is 4.19. The third-order valence-corrected chi connectivity index (χ3v) is 6.22. The Kier molecular flexibility index (Phi) is 8.10. The van der Waals surface area contributed by atoms with Crippen molar-refractivity contribution in [1.29, 1.82) is 0 Å². The second kappa shape index (κ2) is 11.4. The number of amides is 1. The second-order valence-corrected chi connectivity index (χ2v) is 9.88. The molecule has 1 fully saturated rings. The van der Waals surface area contributed by atoms with E-state index in [1.54, 1.807) is 23.9 Å². The van der Waals surface area contributed by atoms with Crippen molar-refractivity contribution >= 4 is 34.5 Å². The molecule has 9 nitrogen and oxygen atoms in total. The van der Waals surface area contributed by atoms with Crippen LogP contribution in [0.1, 0.15) is 33.6 Å². The van der Waals surface area contributed by atoms with E-state index in [1.807, 2.05) is 29.9 Å². The van der Waals surface area contributed by atoms with E-state index >= 15 is 0 Å². The lowest BCUT2D eigenvalue weighted by Crippen LogP contribution is -2.31. The first-order valence-electron chi connectivity index (χ1n) is 11.8. The van der Waals surface area contributed by atoms with Gasteiger partial charge in [-0.15, -0.1) is 0 Å². The van der Waals surface area contributed by atoms with Crippen LogP contribution in [0.3, 0.4) is 0 Å². The van der Waals surface area contributed by atoms with Gasteiger partial charge >= 0.3 is 0 Å². The number of carbonyl (C=O) groups is 1. The average molecular weight is 485 g/mol. The summed E-state index contributed by atoms with van der Waals surface area (Å²) in [4.78, 5) is 24.2. The monoisotopic (exact) mass is 484 g/mol. The first-order chi connectivity index (χ1) is 16.5. The van der Waals surface area contributed by atoms with E-state index in [0.29, 0.717) is 30.7 Å². The Bertz CT molecular complexity index is 1100. The molecular formula is C24H32N6O3S. The van der Waals surface area contributed by atoms with E-state index in [0.717, 1.165) is 40.8 Å². The van der Waals surface area contributed by atoms with Crippen molar-refractivity contribution in [2.45, 2.75) is 50.6 Å². The number of ether oxygens (including phenoxy) is 2. The number of aromatic nitrogens is 4. The third kappa shape index (κ3) is 6.11. The van der Waals surface area contributed by atoms with Crippen LogP contribution >= 0.6 is 11.8 Å². The summed E-state index contributed by atoms with van der Waals surface area (Å²) in [7, 11) is 0. The second-order valence-electron chi connectivity index (χ2n) is 8.34. The van der Waals surface area contributed by atoms with Gasteiger partial charge in [0.1, 0.15) is 17.3 Å². The zero-order valence-corrected chi connectivity index (χ0v) is 20.8. The van der Waals surface area contributed by atoms with Crippen molar-refractivity contribution in [2.75, 3.05) is 37.7 Å². The Balaban J connectivity index is 1.36. The minimum atomic E-state index is -0.186. The molecule has 0 saturated carbocycles. The molecule has 1 saturated heterocycles. The molecule has 34 heavy (non-hydrogen) atoms. The molecule has 0 radical (unpaired) electrons. The van der Waals surface area contributed by atoms with Crippen LogP contribution in [-0.4, -0.2) is 63.8 Å². The van der Waals surface area contributed by atoms with Crippen LogP contribution in [0.2, 0.25) is 0 Å². The SMILES string of the molecule is CCOc1ccc(OCC(=O)NCCn2ncc3c(N4CCCC4)nc(SC(C)C)nc32)cc1. The summed E-state index contributed by atoms with van der Waals surface area (Å²) in [5.74, 6) is 2.17. The highest BCUT2D eigenvalue weighted by Crippen LogP contribution is 2.30. The summed E-state index contributed by atoms with van der Waals surface area (Å²) >= 11 is 1.65. The van der Waals surface area contributed by atoms with Crippen molar-refractivity contribution in [2.24, 2.45) is 0 Å². The van der Waals surface area contributed by atoms with Crippen LogP contribution in [0, 0.1) is 0 Å². The number of thioether (sulfide) groups is 1. The topological polar surface area (TPSA) is 94.4 Å². The molecule has 1 aliphatic rings. The summed E-state index contributed by atoms with van der Waals surface area (Å²) in [6.45, 7) is 9.72. The number of rotatable bonds is 11. The number of carbonyl (C=O) groups excluding carboxylic acids is 1. The lowest BCUT2D eigenvalue weighted by molar-refractivity contribution is -0.123. The van der Waals surface area contributed by atoms with Gasteiger partial charge in [-0.05, 0) is 44.0 Å². The van der Waals surface area contributed by atoms with Crippen LogP contribution < -0.4 is 19.7 Å². The Morgan fingerprint density at radius 1 is 1.12 bits per heavy atom. The highest BCUT2D eigenvalue weighted by atomic mass is 32.2. The number of benzene rings is 1. The van der Waals surface area contributed by atoms with Gasteiger partial charge in [0.15, 0.2) is 17.4 Å². The number of anilines is 1. The highest BCUT2D eigenvalue weighted by Gasteiger charge is 2.21. The van der Waals surface area contributed by atoms with Gasteiger partial charge in [-0.1, -0.05) is 25.6 Å². The molecule has 0 aliphatic carbocycles. The van der Waals surface area contributed by atoms with Crippen LogP contribution in [0.5, 0.6) is 11.5 Å². The Morgan fingerprint density at radius 3 is 2.50 bits per heavy atom. The minimum Gasteiger partial charge on any atom is -0.494 e. The average Bonchev–Trinajstić information content (AvgIpc) is 3.49. The van der Waals surface area contributed by atoms with Crippen molar-refractivity contribution < 1.29 is 14.3 Å². The molecule has 1 aromatic carbocycles. The molecule has 0 unspecified atom stereocenters. The van der Waals surface area contributed by atoms with Gasteiger partial charge in [-0.3, -0.25) is 4.79 Å². The van der Waals surface area contributed by atoms with E-state index < -0.39 is 0 Å². The Morgan fingerprint density at radius 2 is 1.82 bits per heavy atom. The van der Waals surface area contributed by atoms with Gasteiger partial charge in [0.25, 0.3) is 5.91 Å². The Labute approximate surface area is 204 Å². The zero-order chi connectivity index (χ0) is 23.9. The third-order valence-electron chi connectivity index (χ3n) is 5.35. The number of hydrogen-bond donors (Lipinski definition) is 1. The highest BCUT2D eigenvalue weighted by molar-refractivity contribution is 7.99. The maximum atomic E-state index is 12.3. The molecule has 3 heterocycles. The van der Waals surface area contributed by atoms with Gasteiger partial charge in [0.2, 0.25) is 0 Å². The molecule has 1 amide bonds. The predicted molar refractivity (Wildman–Crippen MR) is 134 cm³/mol. The summed E-state index contributed by atoms with van der Waals surface area (Å²) in [5, 5.41) is 9.55. The summed E-state index contributed by atoms with van der Waals surface area (Å²) in [6, 6.07) is 7.23. The first kappa shape index (κ1) is 24.1. The lowest BCUT2D eigenvalue weighted by atomic mass is 10.3. The normalized spacial score (nSPS) is 13.6. The van der Waals surface area contributed by atoms with E-state index in [2.05, 4.69) is 29.2 Å². The minimum absolute atomic E-state index is 0.0513. The molecule has 0 bridgehead atoms. The molecule has 1 aliphatic heterocycles. The number of nitrogens with zero attached hydrogens (tertiary/aromatic N) is 5. The van der Waals surface area contributed by atoms with Crippen LogP contribution in [0.25, 0.3) is 11.0 Å². The van der Waals surface area contributed by atoms with Crippen LogP contribution in [0.15, 0.2) is 35.6 Å². The smallest absolute Gasteiger partial charge is 0.258 e. The van der Waals surface area contributed by atoms with Gasteiger partial charge in [-0.2, -0.15) is 5.10 Å². The molecule has 0 spiro atoms. The van der Waals surface area contributed by atoms with E-state index in [4.69, 9.17) is 19.4 Å². The van der Waals surface area contributed by atoms with E-state index in [1.165, 1.54) is 12.8 Å². The lowest BCUT2D eigenvalue weighted by Gasteiger charge is -2.18. The molecular weight excluding hydrogens is 452 g/mol. The molecule has 182 valence electrons. The van der Waals surface area contributed by atoms with E-state index in [9.17, 15) is 4.79 Å². The largest absolute Gasteiger partial charge is 0.494 e. The summed E-state index contributed by atoms with van der Waals surface area (Å²) < 4.78 is 12.8. The maximum absolute atomic E-state index is 12.3. The van der Waals surface area contributed by atoms with Crippen molar-refractivity contribution in [1.82, 2.24) is 25.1 Å². The van der Waals surface area contributed by atoms with E-state index in [-0.39, 0.29) is 12.5 Å².